The first-order valence-corrected chi connectivity index (χ1v) is 13.7. The molecule has 1 aliphatic carbocycles. The van der Waals surface area contributed by atoms with Crippen LogP contribution < -0.4 is 7.06 Å². The number of alkyl halides is 14. The maximum atomic E-state index is 13.4. The average Bonchev–Trinajstić information content (AvgIpc) is 3.52. The first-order chi connectivity index (χ1) is 15.4. The Morgan fingerprint density at radius 2 is 1.11 bits per heavy atom. The first-order valence-electron chi connectivity index (χ1n) is 9.25. The van der Waals surface area contributed by atoms with Crippen LogP contribution in [0.25, 0.3) is 0 Å². The molecule has 206 valence electrons. The van der Waals surface area contributed by atoms with Crippen LogP contribution in [0.2, 0.25) is 0 Å². The van der Waals surface area contributed by atoms with Gasteiger partial charge in [-0.2, -0.15) is 0 Å². The van der Waals surface area contributed by atoms with E-state index in [1.807, 2.05) is 0 Å². The quantitative estimate of drug-likeness (QED) is 0.0641. The number of halogens is 14. The van der Waals surface area contributed by atoms with Crippen molar-refractivity contribution in [2.24, 2.45) is 11.8 Å². The Morgan fingerprint density at radius 3 is 1.37 bits per heavy atom. The summed E-state index contributed by atoms with van der Waals surface area (Å²) < 4.78 is 169. The van der Waals surface area contributed by atoms with Crippen LogP contribution in [-0.2, 0) is 9.53 Å². The van der Waals surface area contributed by atoms with Crippen molar-refractivity contribution in [1.29, 1.82) is 0 Å². The molecule has 1 saturated carbocycles. The fourth-order valence-corrected chi connectivity index (χ4v) is 11.5. The van der Waals surface area contributed by atoms with Crippen LogP contribution in [0, 0.1) is 11.8 Å². The molecule has 0 aromatic carbocycles. The molecule has 0 bridgehead atoms. The third-order valence-electron chi connectivity index (χ3n) is 6.10. The predicted molar refractivity (Wildman–Crippen MR) is 106 cm³/mol. The van der Waals surface area contributed by atoms with Gasteiger partial charge in [-0.15, -0.1) is 0 Å². The monoisotopic (exact) mass is 768 g/mol. The predicted octanol–water partition coefficient (Wildman–Crippen LogP) is 4.03. The summed E-state index contributed by atoms with van der Waals surface area (Å²) in [5.41, 5.74) is -11.5. The van der Waals surface area contributed by atoms with Crippen molar-refractivity contribution < 1.29 is 72.4 Å². The van der Waals surface area contributed by atoms with E-state index in [2.05, 4.69) is 7.06 Å². The van der Waals surface area contributed by atoms with Crippen molar-refractivity contribution in [3.05, 3.63) is 0 Å². The minimum atomic E-state index is -6.58. The topological polar surface area (TPSA) is 111 Å². The molecule has 4 N–H and O–H groups in total. The molecule has 0 spiro atoms. The van der Waals surface area contributed by atoms with E-state index in [0.717, 1.165) is 0 Å². The van der Waals surface area contributed by atoms with Crippen molar-refractivity contribution in [2.45, 2.75) is 68.9 Å². The Bertz CT molecular complexity index is 781. The van der Waals surface area contributed by atoms with E-state index in [1.54, 1.807) is 0 Å². The normalized spacial score (nSPS) is 29.3. The Hall–Kier alpha value is -0.0700. The van der Waals surface area contributed by atoms with Crippen molar-refractivity contribution in [3.63, 3.8) is 0 Å². The van der Waals surface area contributed by atoms with E-state index in [9.17, 15) is 67.7 Å². The molecule has 2 saturated heterocycles. The molecule has 0 amide bonds. The summed E-state index contributed by atoms with van der Waals surface area (Å²) in [6.07, 6.45) is -34.0. The first kappa shape index (κ1) is 29.5. The number of fused-ring (bicyclic) bond motifs is 1. The molecule has 0 aromatic rings. The summed E-state index contributed by atoms with van der Waals surface area (Å²) >= 11 is -0.361. The van der Waals surface area contributed by atoms with E-state index in [1.165, 1.54) is 22.6 Å². The maximum absolute atomic E-state index is 13.4. The fourth-order valence-electron chi connectivity index (χ4n) is 4.11. The number of nitrogens with one attached hydrogen (secondary N) is 2. The third-order valence-corrected chi connectivity index (χ3v) is 13.3. The van der Waals surface area contributed by atoms with Gasteiger partial charge < -0.3 is 0 Å². The molecule has 20 heteroatoms. The number of aliphatic hydroxyl groups is 2. The van der Waals surface area contributed by atoms with Crippen LogP contribution in [0.1, 0.15) is 19.3 Å². The van der Waals surface area contributed by atoms with Crippen molar-refractivity contribution >= 4 is 48.9 Å². The number of rotatable bonds is 5. The van der Waals surface area contributed by atoms with Gasteiger partial charge in [0.05, 0.1) is 0 Å². The van der Waals surface area contributed by atoms with E-state index in [-0.39, 0.29) is 0 Å². The van der Waals surface area contributed by atoms with Crippen LogP contribution in [0.5, 0.6) is 0 Å². The molecule has 3 rings (SSSR count). The Labute approximate surface area is 208 Å². The van der Waals surface area contributed by atoms with Gasteiger partial charge in [0, 0.05) is 0 Å². The van der Waals surface area contributed by atoms with Gasteiger partial charge in [-0.05, 0) is 0 Å². The van der Waals surface area contributed by atoms with Gasteiger partial charge in [-0.1, -0.05) is 0 Å². The number of hydrogen-bond donors (Lipinski definition) is 4. The summed E-state index contributed by atoms with van der Waals surface area (Å²) in [5, 5.41) is 19.3. The van der Waals surface area contributed by atoms with Crippen molar-refractivity contribution in [1.82, 2.24) is 7.06 Å². The van der Waals surface area contributed by atoms with Gasteiger partial charge in [0.1, 0.15) is 0 Å². The molecule has 0 aromatic heterocycles. The van der Waals surface area contributed by atoms with Crippen LogP contribution in [0.3, 0.4) is 0 Å². The molecule has 3 aliphatic rings. The molecule has 35 heavy (non-hydrogen) atoms. The number of ether oxygens (including phenoxy) is 1. The Morgan fingerprint density at radius 1 is 0.800 bits per heavy atom. The molecule has 2 aliphatic heterocycles. The molecule has 3 unspecified atom stereocenters. The summed E-state index contributed by atoms with van der Waals surface area (Å²) in [6, 6.07) is 0. The summed E-state index contributed by atoms with van der Waals surface area (Å²) in [6.45, 7) is 0. The summed E-state index contributed by atoms with van der Waals surface area (Å²) in [4.78, 5) is 12.3. The van der Waals surface area contributed by atoms with E-state index in [0.29, 0.717) is 0 Å². The third kappa shape index (κ3) is 4.68. The minimum absolute atomic E-state index is 0.855. The van der Waals surface area contributed by atoms with Gasteiger partial charge in [-0.3, -0.25) is 0 Å². The molecular weight excluding hydrogens is 754 g/mol. The summed E-state index contributed by atoms with van der Waals surface area (Å²) in [5.74, 6) is -8.05. The second kappa shape index (κ2) is 8.46. The zero-order chi connectivity index (χ0) is 27.2. The van der Waals surface area contributed by atoms with Gasteiger partial charge in [-0.25, -0.2) is 0 Å². The van der Waals surface area contributed by atoms with E-state index in [4.69, 9.17) is 4.74 Å². The molecule has 0 radical (unpaired) electrons. The zero-order valence-electron chi connectivity index (χ0n) is 16.4. The molecule has 6 nitrogen and oxygen atoms in total. The standard InChI is InChI=1S/C15H14F12I2N2O4/c16-12(17,18)9(33,13(19,20)21)4-1-5(10(34,14(22,23)24)15(25,26)27)3-6(2-4)35-8(32)7(28)11-29(30-11)31-11/h4-7,30-31,33-34H,1-3H2. The second-order valence-corrected chi connectivity index (χ2v) is 13.9. The van der Waals surface area contributed by atoms with Gasteiger partial charge in [0.15, 0.2) is 0 Å². The second-order valence-electron chi connectivity index (χ2n) is 8.23. The van der Waals surface area contributed by atoms with E-state index >= 15 is 0 Å². The van der Waals surface area contributed by atoms with Crippen LogP contribution in [0.4, 0.5) is 52.7 Å². The van der Waals surface area contributed by atoms with Gasteiger partial charge >= 0.3 is 209 Å². The number of hydrogen-bond acceptors (Lipinski definition) is 6. The molecular formula is C15H14F12I2N2O4. The number of carbonyl (C=O) groups is 1. The Balaban J connectivity index is 2.02. The van der Waals surface area contributed by atoms with Gasteiger partial charge in [0.25, 0.3) is 0 Å². The zero-order valence-corrected chi connectivity index (χ0v) is 20.7. The fraction of sp³-hybridized carbons (Fsp3) is 0.933. The Kier molecular flexibility index (Phi) is 7.13. The van der Waals surface area contributed by atoms with Gasteiger partial charge in [0.2, 0.25) is 0 Å². The SMILES string of the molecule is O=C(OC1CC(C(O)(C(F)(F)F)C(F)(F)F)CC(C(O)(C(F)(F)F)C(F)(F)F)C1)C(I)C12NI1N2. The summed E-state index contributed by atoms with van der Waals surface area (Å²) in [7, 11) is 0. The van der Waals surface area contributed by atoms with Crippen LogP contribution in [-0.4, -0.2) is 65.8 Å². The van der Waals surface area contributed by atoms with E-state index < -0.39 is 107 Å². The van der Waals surface area contributed by atoms with Crippen LogP contribution >= 0.6 is 43.0 Å². The van der Waals surface area contributed by atoms with Crippen molar-refractivity contribution in [2.75, 3.05) is 0 Å². The molecule has 3 atom stereocenters. The van der Waals surface area contributed by atoms with Crippen LogP contribution in [0.15, 0.2) is 0 Å². The average molecular weight is 768 g/mol. The van der Waals surface area contributed by atoms with Crippen molar-refractivity contribution in [3.8, 4) is 0 Å². The number of carbonyl (C=O) groups excluding carboxylic acids is 1. The molecule has 3 fully saturated rings. The molecule has 2 heterocycles. The number of esters is 1.